The maximum atomic E-state index is 6.05. The molecule has 4 heteroatoms. The van der Waals surface area contributed by atoms with E-state index in [-0.39, 0.29) is 11.6 Å². The lowest BCUT2D eigenvalue weighted by atomic mass is 9.86. The molecule has 2 unspecified atom stereocenters. The molecule has 0 spiro atoms. The number of nitrogens with two attached hydrogens (primary N) is 1. The third-order valence-corrected chi connectivity index (χ3v) is 3.69. The van der Waals surface area contributed by atoms with Crippen LogP contribution in [-0.4, -0.2) is 32.5 Å². The largest absolute Gasteiger partial charge is 0.497 e. The second-order valence-electron chi connectivity index (χ2n) is 5.41. The zero-order valence-electron chi connectivity index (χ0n) is 11.9. The molecule has 1 heterocycles. The van der Waals surface area contributed by atoms with Crippen LogP contribution in [0.5, 0.6) is 11.5 Å². The molecule has 0 aliphatic carbocycles. The lowest BCUT2D eigenvalue weighted by molar-refractivity contribution is -0.0708. The molecule has 1 aliphatic rings. The van der Waals surface area contributed by atoms with Crippen molar-refractivity contribution in [3.05, 3.63) is 23.8 Å². The van der Waals surface area contributed by atoms with E-state index < -0.39 is 0 Å². The Morgan fingerprint density at radius 2 is 2.16 bits per heavy atom. The van der Waals surface area contributed by atoms with E-state index in [1.54, 1.807) is 14.2 Å². The van der Waals surface area contributed by atoms with E-state index in [1.807, 2.05) is 18.2 Å². The van der Waals surface area contributed by atoms with Gasteiger partial charge in [-0.1, -0.05) is 6.07 Å². The zero-order valence-corrected chi connectivity index (χ0v) is 11.9. The van der Waals surface area contributed by atoms with Crippen LogP contribution in [-0.2, 0) is 11.2 Å². The van der Waals surface area contributed by atoms with Gasteiger partial charge in [0, 0.05) is 25.1 Å². The van der Waals surface area contributed by atoms with Gasteiger partial charge in [-0.2, -0.15) is 0 Å². The Bertz CT molecular complexity index is 435. The minimum atomic E-state index is -0.209. The normalized spacial score (nSPS) is 27.1. The van der Waals surface area contributed by atoms with Gasteiger partial charge < -0.3 is 19.9 Å². The average molecular weight is 265 g/mol. The summed E-state index contributed by atoms with van der Waals surface area (Å²) in [4.78, 5) is 0. The van der Waals surface area contributed by atoms with Crippen molar-refractivity contribution < 1.29 is 14.2 Å². The van der Waals surface area contributed by atoms with E-state index in [0.29, 0.717) is 0 Å². The van der Waals surface area contributed by atoms with Crippen molar-refractivity contribution in [2.24, 2.45) is 5.73 Å². The van der Waals surface area contributed by atoms with Crippen molar-refractivity contribution in [3.8, 4) is 11.5 Å². The van der Waals surface area contributed by atoms with Crippen LogP contribution in [0.4, 0.5) is 0 Å². The fourth-order valence-corrected chi connectivity index (χ4v) is 2.70. The first-order chi connectivity index (χ1) is 9.06. The molecule has 4 nitrogen and oxygen atoms in total. The van der Waals surface area contributed by atoms with Crippen LogP contribution in [0.3, 0.4) is 0 Å². The summed E-state index contributed by atoms with van der Waals surface area (Å²) in [6.07, 6.45) is 2.62. The van der Waals surface area contributed by atoms with E-state index in [2.05, 4.69) is 6.92 Å². The fourth-order valence-electron chi connectivity index (χ4n) is 2.70. The Kier molecular flexibility index (Phi) is 4.32. The molecule has 1 aromatic carbocycles. The van der Waals surface area contributed by atoms with E-state index in [1.165, 1.54) is 0 Å². The summed E-state index contributed by atoms with van der Waals surface area (Å²) in [6.45, 7) is 2.85. The van der Waals surface area contributed by atoms with Gasteiger partial charge in [0.25, 0.3) is 0 Å². The first kappa shape index (κ1) is 14.2. The van der Waals surface area contributed by atoms with Crippen LogP contribution in [0, 0.1) is 0 Å². The lowest BCUT2D eigenvalue weighted by Crippen LogP contribution is -2.44. The molecule has 0 aromatic heterocycles. The van der Waals surface area contributed by atoms with Gasteiger partial charge in [-0.25, -0.2) is 0 Å². The minimum absolute atomic E-state index is 0.209. The summed E-state index contributed by atoms with van der Waals surface area (Å²) >= 11 is 0. The lowest BCUT2D eigenvalue weighted by Gasteiger charge is -2.37. The summed E-state index contributed by atoms with van der Waals surface area (Å²) in [5.41, 5.74) is 6.97. The predicted octanol–water partition coefficient (Wildman–Crippen LogP) is 2.14. The Morgan fingerprint density at radius 3 is 2.79 bits per heavy atom. The smallest absolute Gasteiger partial charge is 0.125 e. The third-order valence-electron chi connectivity index (χ3n) is 3.69. The standard InChI is InChI=1S/C15H23NO3/c1-15(10-12(16)6-7-19-15)9-11-4-5-13(17-2)8-14(11)18-3/h4-5,8,12H,6-7,9-10,16H2,1-3H3. The number of hydrogen-bond donors (Lipinski definition) is 1. The number of rotatable bonds is 4. The van der Waals surface area contributed by atoms with Gasteiger partial charge in [0.1, 0.15) is 11.5 Å². The first-order valence-electron chi connectivity index (χ1n) is 6.67. The predicted molar refractivity (Wildman–Crippen MR) is 74.8 cm³/mol. The van der Waals surface area contributed by atoms with E-state index in [9.17, 15) is 0 Å². The van der Waals surface area contributed by atoms with Gasteiger partial charge in [-0.3, -0.25) is 0 Å². The van der Waals surface area contributed by atoms with Gasteiger partial charge in [-0.15, -0.1) is 0 Å². The molecule has 19 heavy (non-hydrogen) atoms. The van der Waals surface area contributed by atoms with E-state index >= 15 is 0 Å². The van der Waals surface area contributed by atoms with Crippen molar-refractivity contribution in [1.82, 2.24) is 0 Å². The molecular formula is C15H23NO3. The second-order valence-corrected chi connectivity index (χ2v) is 5.41. The third kappa shape index (κ3) is 3.39. The maximum absolute atomic E-state index is 6.05. The molecular weight excluding hydrogens is 242 g/mol. The summed E-state index contributed by atoms with van der Waals surface area (Å²) in [5, 5.41) is 0. The van der Waals surface area contributed by atoms with Crippen LogP contribution in [0.15, 0.2) is 18.2 Å². The summed E-state index contributed by atoms with van der Waals surface area (Å²) < 4.78 is 16.6. The highest BCUT2D eigenvalue weighted by Crippen LogP contribution is 2.33. The summed E-state index contributed by atoms with van der Waals surface area (Å²) in [5.74, 6) is 1.63. The van der Waals surface area contributed by atoms with E-state index in [0.717, 1.165) is 42.9 Å². The number of hydrogen-bond acceptors (Lipinski definition) is 4. The molecule has 0 bridgehead atoms. The van der Waals surface area contributed by atoms with Crippen molar-refractivity contribution in [2.45, 2.75) is 37.8 Å². The Hall–Kier alpha value is -1.26. The van der Waals surface area contributed by atoms with Crippen LogP contribution < -0.4 is 15.2 Å². The van der Waals surface area contributed by atoms with Gasteiger partial charge in [0.05, 0.1) is 19.8 Å². The van der Waals surface area contributed by atoms with Crippen molar-refractivity contribution in [1.29, 1.82) is 0 Å². The Balaban J connectivity index is 2.17. The number of methoxy groups -OCH3 is 2. The zero-order chi connectivity index (χ0) is 13.9. The SMILES string of the molecule is COc1ccc(CC2(C)CC(N)CCO2)c(OC)c1. The number of benzene rings is 1. The van der Waals surface area contributed by atoms with Crippen LogP contribution in [0.1, 0.15) is 25.3 Å². The fraction of sp³-hybridized carbons (Fsp3) is 0.600. The van der Waals surface area contributed by atoms with Gasteiger partial charge in [0.2, 0.25) is 0 Å². The average Bonchev–Trinajstić information content (AvgIpc) is 2.38. The van der Waals surface area contributed by atoms with Crippen molar-refractivity contribution in [2.75, 3.05) is 20.8 Å². The molecule has 0 radical (unpaired) electrons. The van der Waals surface area contributed by atoms with Crippen molar-refractivity contribution in [3.63, 3.8) is 0 Å². The highest BCUT2D eigenvalue weighted by molar-refractivity contribution is 5.41. The molecule has 1 aliphatic heterocycles. The molecule has 1 saturated heterocycles. The maximum Gasteiger partial charge on any atom is 0.125 e. The van der Waals surface area contributed by atoms with Crippen molar-refractivity contribution >= 4 is 0 Å². The van der Waals surface area contributed by atoms with Gasteiger partial charge in [0.15, 0.2) is 0 Å². The highest BCUT2D eigenvalue weighted by Gasteiger charge is 2.32. The second kappa shape index (κ2) is 5.80. The monoisotopic (exact) mass is 265 g/mol. The highest BCUT2D eigenvalue weighted by atomic mass is 16.5. The quantitative estimate of drug-likeness (QED) is 0.906. The molecule has 1 aromatic rings. The van der Waals surface area contributed by atoms with Crippen LogP contribution in [0.2, 0.25) is 0 Å². The Morgan fingerprint density at radius 1 is 1.37 bits per heavy atom. The molecule has 106 valence electrons. The van der Waals surface area contributed by atoms with Gasteiger partial charge in [-0.05, 0) is 31.4 Å². The Labute approximate surface area is 114 Å². The molecule has 0 saturated carbocycles. The topological polar surface area (TPSA) is 53.7 Å². The molecule has 2 rings (SSSR count). The van der Waals surface area contributed by atoms with Crippen LogP contribution in [0.25, 0.3) is 0 Å². The molecule has 0 amide bonds. The van der Waals surface area contributed by atoms with E-state index in [4.69, 9.17) is 19.9 Å². The van der Waals surface area contributed by atoms with Crippen LogP contribution >= 0.6 is 0 Å². The number of ether oxygens (including phenoxy) is 3. The molecule has 2 N–H and O–H groups in total. The minimum Gasteiger partial charge on any atom is -0.497 e. The van der Waals surface area contributed by atoms with Gasteiger partial charge >= 0.3 is 0 Å². The molecule has 2 atom stereocenters. The molecule has 1 fully saturated rings. The summed E-state index contributed by atoms with van der Waals surface area (Å²) in [6, 6.07) is 6.11. The first-order valence-corrected chi connectivity index (χ1v) is 6.67. The summed E-state index contributed by atoms with van der Waals surface area (Å²) in [7, 11) is 3.33.